The molecule has 1 amide bonds. The lowest BCUT2D eigenvalue weighted by Crippen LogP contribution is -2.34. The smallest absolute Gasteiger partial charge is 0.344 e. The van der Waals surface area contributed by atoms with Gasteiger partial charge in [0, 0.05) is 31.4 Å². The van der Waals surface area contributed by atoms with Crippen LogP contribution in [0.25, 0.3) is 17.0 Å². The van der Waals surface area contributed by atoms with Gasteiger partial charge >= 0.3 is 6.03 Å². The molecular formula is C18H21N11O. The fraction of sp³-hybridized carbons (Fsp3) is 0.222. The van der Waals surface area contributed by atoms with Crippen LogP contribution in [-0.4, -0.2) is 60.5 Å². The van der Waals surface area contributed by atoms with Gasteiger partial charge in [-0.2, -0.15) is 14.9 Å². The molecule has 0 aliphatic rings. The van der Waals surface area contributed by atoms with Crippen molar-refractivity contribution in [3.63, 3.8) is 0 Å². The number of hydrogen-bond acceptors (Lipinski definition) is 9. The molecule has 0 aliphatic carbocycles. The predicted octanol–water partition coefficient (Wildman–Crippen LogP) is 0.794. The Morgan fingerprint density at radius 2 is 2.00 bits per heavy atom. The number of nitrogen functional groups attached to an aromatic ring is 1. The van der Waals surface area contributed by atoms with Crippen LogP contribution in [-0.2, 0) is 0 Å². The van der Waals surface area contributed by atoms with Gasteiger partial charge in [-0.1, -0.05) is 0 Å². The molecule has 154 valence electrons. The number of nitrogens with one attached hydrogen (secondary N) is 3. The summed E-state index contributed by atoms with van der Waals surface area (Å²) in [6.45, 7) is 2.87. The molecular weight excluding hydrogens is 386 g/mol. The molecule has 0 saturated heterocycles. The van der Waals surface area contributed by atoms with Crippen molar-refractivity contribution >= 4 is 29.1 Å². The average Bonchev–Trinajstić information content (AvgIpc) is 3.31. The fourth-order valence-corrected chi connectivity index (χ4v) is 2.97. The van der Waals surface area contributed by atoms with Gasteiger partial charge in [0.25, 0.3) is 0 Å². The second-order valence-corrected chi connectivity index (χ2v) is 6.42. The number of rotatable bonds is 6. The van der Waals surface area contributed by atoms with E-state index in [1.54, 1.807) is 35.8 Å². The van der Waals surface area contributed by atoms with Crippen molar-refractivity contribution in [1.82, 2.24) is 45.0 Å². The van der Waals surface area contributed by atoms with Gasteiger partial charge in [0.15, 0.2) is 11.5 Å². The minimum absolute atomic E-state index is 0.336. The zero-order valence-corrected chi connectivity index (χ0v) is 16.5. The summed E-state index contributed by atoms with van der Waals surface area (Å²) in [5.41, 5.74) is 7.67. The molecule has 4 aromatic heterocycles. The molecule has 0 radical (unpaired) electrons. The lowest BCUT2D eigenvalue weighted by atomic mass is 10.3. The molecule has 4 heterocycles. The van der Waals surface area contributed by atoms with Crippen molar-refractivity contribution in [1.29, 1.82) is 0 Å². The van der Waals surface area contributed by atoms with Crippen molar-refractivity contribution in [2.45, 2.75) is 6.92 Å². The minimum Gasteiger partial charge on any atom is -0.384 e. The number of imidazole rings is 1. The Morgan fingerprint density at radius 1 is 1.13 bits per heavy atom. The standard InChI is InChI=1S/C18H21N11O/c1-11-24-12(10-13(19)25-11)16-17(26-14-4-3-6-22-28(14)16)27-15-5-7-23-29(15)18(30)21-9-8-20-2/h3-7,10,20,27H,8-9H2,1-2H3,(H,21,30)(H2,19,24,25). The van der Waals surface area contributed by atoms with Crippen molar-refractivity contribution in [2.24, 2.45) is 0 Å². The molecule has 0 aromatic carbocycles. The van der Waals surface area contributed by atoms with Crippen LogP contribution in [0.5, 0.6) is 0 Å². The SMILES string of the molecule is CNCCNC(=O)n1nccc1Nc1nc2cccnn2c1-c1cc(N)nc(C)n1. The van der Waals surface area contributed by atoms with Gasteiger partial charge in [-0.25, -0.2) is 24.3 Å². The molecule has 4 aromatic rings. The van der Waals surface area contributed by atoms with E-state index in [-0.39, 0.29) is 6.03 Å². The van der Waals surface area contributed by atoms with E-state index in [1.165, 1.54) is 10.9 Å². The highest BCUT2D eigenvalue weighted by Gasteiger charge is 2.20. The number of likely N-dealkylation sites (N-methyl/N-ethyl adjacent to an activating group) is 1. The fourth-order valence-electron chi connectivity index (χ4n) is 2.97. The molecule has 4 rings (SSSR count). The molecule has 0 spiro atoms. The van der Waals surface area contributed by atoms with Gasteiger partial charge < -0.3 is 21.7 Å². The van der Waals surface area contributed by atoms with E-state index in [0.717, 1.165) is 0 Å². The average molecular weight is 407 g/mol. The number of amides is 1. The number of fused-ring (bicyclic) bond motifs is 1. The lowest BCUT2D eigenvalue weighted by molar-refractivity contribution is 0.240. The summed E-state index contributed by atoms with van der Waals surface area (Å²) in [5, 5.41) is 17.4. The molecule has 0 fully saturated rings. The second-order valence-electron chi connectivity index (χ2n) is 6.42. The van der Waals surface area contributed by atoms with Gasteiger partial charge in [-0.15, -0.1) is 0 Å². The molecule has 12 heteroatoms. The zero-order chi connectivity index (χ0) is 21.1. The third kappa shape index (κ3) is 3.75. The Bertz CT molecular complexity index is 1180. The van der Waals surface area contributed by atoms with E-state index in [0.29, 0.717) is 53.4 Å². The number of nitrogens with zero attached hydrogens (tertiary/aromatic N) is 7. The van der Waals surface area contributed by atoms with Crippen LogP contribution in [0.3, 0.4) is 0 Å². The lowest BCUT2D eigenvalue weighted by Gasteiger charge is -2.10. The van der Waals surface area contributed by atoms with Crippen molar-refractivity contribution < 1.29 is 4.79 Å². The van der Waals surface area contributed by atoms with Crippen LogP contribution in [0, 0.1) is 6.92 Å². The maximum atomic E-state index is 12.5. The number of carbonyl (C=O) groups excluding carboxylic acids is 1. The number of aromatic nitrogens is 7. The molecule has 0 unspecified atom stereocenters. The monoisotopic (exact) mass is 407 g/mol. The van der Waals surface area contributed by atoms with Crippen LogP contribution in [0.4, 0.5) is 22.2 Å². The molecule has 0 aliphatic heterocycles. The Hall–Kier alpha value is -4.06. The first kappa shape index (κ1) is 19.3. The number of carbonyl (C=O) groups is 1. The quantitative estimate of drug-likeness (QED) is 0.340. The van der Waals surface area contributed by atoms with Crippen LogP contribution < -0.4 is 21.7 Å². The van der Waals surface area contributed by atoms with Gasteiger partial charge in [0.2, 0.25) is 0 Å². The number of anilines is 3. The molecule has 0 bridgehead atoms. The van der Waals surface area contributed by atoms with Gasteiger partial charge in [0.05, 0.1) is 11.9 Å². The highest BCUT2D eigenvalue weighted by molar-refractivity contribution is 5.83. The third-order valence-corrected chi connectivity index (χ3v) is 4.23. The first-order valence-corrected chi connectivity index (χ1v) is 9.26. The number of nitrogens with two attached hydrogens (primary N) is 1. The third-order valence-electron chi connectivity index (χ3n) is 4.23. The summed E-state index contributed by atoms with van der Waals surface area (Å²) in [6, 6.07) is 6.58. The summed E-state index contributed by atoms with van der Waals surface area (Å²) in [6.07, 6.45) is 3.18. The second kappa shape index (κ2) is 8.13. The molecule has 5 N–H and O–H groups in total. The molecule has 0 saturated carbocycles. The van der Waals surface area contributed by atoms with Gasteiger partial charge in [-0.05, 0) is 26.1 Å². The topological polar surface area (TPSA) is 153 Å². The zero-order valence-electron chi connectivity index (χ0n) is 16.5. The first-order chi connectivity index (χ1) is 14.6. The van der Waals surface area contributed by atoms with E-state index in [2.05, 4.69) is 41.1 Å². The van der Waals surface area contributed by atoms with E-state index < -0.39 is 0 Å². The molecule has 12 nitrogen and oxygen atoms in total. The van der Waals surface area contributed by atoms with E-state index >= 15 is 0 Å². The first-order valence-electron chi connectivity index (χ1n) is 9.26. The summed E-state index contributed by atoms with van der Waals surface area (Å²) in [7, 11) is 1.81. The minimum atomic E-state index is -0.358. The summed E-state index contributed by atoms with van der Waals surface area (Å²) >= 11 is 0. The molecule has 0 atom stereocenters. The Balaban J connectivity index is 1.74. The number of hydrogen-bond donors (Lipinski definition) is 4. The maximum absolute atomic E-state index is 12.5. The van der Waals surface area contributed by atoms with Gasteiger partial charge in [0.1, 0.15) is 23.2 Å². The van der Waals surface area contributed by atoms with Crippen molar-refractivity contribution in [3.8, 4) is 11.4 Å². The van der Waals surface area contributed by atoms with E-state index in [1.807, 2.05) is 13.1 Å². The van der Waals surface area contributed by atoms with Crippen molar-refractivity contribution in [2.75, 3.05) is 31.2 Å². The Kier molecular flexibility index (Phi) is 5.22. The Labute approximate surface area is 171 Å². The van der Waals surface area contributed by atoms with Gasteiger partial charge in [-0.3, -0.25) is 0 Å². The maximum Gasteiger partial charge on any atom is 0.344 e. The summed E-state index contributed by atoms with van der Waals surface area (Å²) < 4.78 is 2.88. The van der Waals surface area contributed by atoms with Crippen LogP contribution in [0.15, 0.2) is 36.7 Å². The van der Waals surface area contributed by atoms with Crippen LogP contribution >= 0.6 is 0 Å². The van der Waals surface area contributed by atoms with Crippen LogP contribution in [0.1, 0.15) is 5.82 Å². The summed E-state index contributed by atoms with van der Waals surface area (Å²) in [4.78, 5) is 25.7. The van der Waals surface area contributed by atoms with E-state index in [4.69, 9.17) is 5.73 Å². The predicted molar refractivity (Wildman–Crippen MR) is 111 cm³/mol. The largest absolute Gasteiger partial charge is 0.384 e. The highest BCUT2D eigenvalue weighted by Crippen LogP contribution is 2.30. The normalized spacial score (nSPS) is 11.0. The number of aryl methyl sites for hydroxylation is 1. The highest BCUT2D eigenvalue weighted by atomic mass is 16.2. The summed E-state index contributed by atoms with van der Waals surface area (Å²) in [5.74, 6) is 1.76. The van der Waals surface area contributed by atoms with E-state index in [9.17, 15) is 4.79 Å². The Morgan fingerprint density at radius 3 is 2.80 bits per heavy atom. The van der Waals surface area contributed by atoms with Crippen molar-refractivity contribution in [3.05, 3.63) is 42.5 Å². The molecule has 30 heavy (non-hydrogen) atoms. The van der Waals surface area contributed by atoms with Crippen LogP contribution in [0.2, 0.25) is 0 Å².